The third-order valence-electron chi connectivity index (χ3n) is 1.85. The van der Waals surface area contributed by atoms with E-state index in [0.717, 1.165) is 17.1 Å². The molecule has 1 aromatic carbocycles. The summed E-state index contributed by atoms with van der Waals surface area (Å²) in [7, 11) is 0. The number of hydrogen-bond acceptors (Lipinski definition) is 2. The molecule has 0 amide bonds. The van der Waals surface area contributed by atoms with Crippen LogP contribution in [0.1, 0.15) is 18.4 Å². The van der Waals surface area contributed by atoms with Gasteiger partial charge in [0.2, 0.25) is 0 Å². The summed E-state index contributed by atoms with van der Waals surface area (Å²) in [6, 6.07) is 12.3. The van der Waals surface area contributed by atoms with E-state index >= 15 is 0 Å². The second-order valence-electron chi connectivity index (χ2n) is 2.75. The largest absolute Gasteiger partial charge is 0.198 e. The molecular formula is C11H13NS. The molecule has 0 N–H and O–H groups in total. The summed E-state index contributed by atoms with van der Waals surface area (Å²) in [5.41, 5.74) is 1.13. The Kier molecular flexibility index (Phi) is 4.42. The first-order valence-corrected chi connectivity index (χ1v) is 5.56. The molecule has 1 aromatic rings. The Labute approximate surface area is 83.8 Å². The van der Waals surface area contributed by atoms with Crippen LogP contribution in [-0.4, -0.2) is 11.5 Å². The number of nitriles is 1. The third-order valence-corrected chi connectivity index (χ3v) is 2.82. The SMILES string of the molecule is CCSCC(C#N)c1ccccc1. The highest BCUT2D eigenvalue weighted by Crippen LogP contribution is 2.19. The van der Waals surface area contributed by atoms with Crippen LogP contribution in [0, 0.1) is 11.3 Å². The highest BCUT2D eigenvalue weighted by molar-refractivity contribution is 7.99. The number of rotatable bonds is 4. The van der Waals surface area contributed by atoms with Crippen molar-refractivity contribution in [3.8, 4) is 6.07 Å². The van der Waals surface area contributed by atoms with Gasteiger partial charge in [0.05, 0.1) is 12.0 Å². The maximum absolute atomic E-state index is 8.94. The van der Waals surface area contributed by atoms with Crippen LogP contribution in [0.15, 0.2) is 30.3 Å². The van der Waals surface area contributed by atoms with E-state index in [1.807, 2.05) is 42.1 Å². The maximum Gasteiger partial charge on any atom is 0.0803 e. The topological polar surface area (TPSA) is 23.8 Å². The first-order chi connectivity index (χ1) is 6.38. The first kappa shape index (κ1) is 10.1. The smallest absolute Gasteiger partial charge is 0.0803 e. The predicted octanol–water partition coefficient (Wildman–Crippen LogP) is 3.05. The Morgan fingerprint density at radius 1 is 1.38 bits per heavy atom. The Balaban J connectivity index is 2.63. The summed E-state index contributed by atoms with van der Waals surface area (Å²) in [4.78, 5) is 0. The summed E-state index contributed by atoms with van der Waals surface area (Å²) in [6.07, 6.45) is 0. The average molecular weight is 191 g/mol. The Hall–Kier alpha value is -0.940. The van der Waals surface area contributed by atoms with Crippen molar-refractivity contribution in [3.63, 3.8) is 0 Å². The molecule has 1 atom stereocenters. The molecular weight excluding hydrogens is 178 g/mol. The van der Waals surface area contributed by atoms with Crippen molar-refractivity contribution in [1.29, 1.82) is 5.26 Å². The zero-order valence-corrected chi connectivity index (χ0v) is 8.55. The normalized spacial score (nSPS) is 12.0. The minimum absolute atomic E-state index is 0.0474. The average Bonchev–Trinajstić information content (AvgIpc) is 2.21. The third kappa shape index (κ3) is 3.12. The van der Waals surface area contributed by atoms with Crippen molar-refractivity contribution in [3.05, 3.63) is 35.9 Å². The van der Waals surface area contributed by atoms with E-state index < -0.39 is 0 Å². The molecule has 13 heavy (non-hydrogen) atoms. The standard InChI is InChI=1S/C11H13NS/c1-2-13-9-11(8-12)10-6-4-3-5-7-10/h3-7,11H,2,9H2,1H3. The highest BCUT2D eigenvalue weighted by atomic mass is 32.2. The van der Waals surface area contributed by atoms with Crippen molar-refractivity contribution >= 4 is 11.8 Å². The van der Waals surface area contributed by atoms with Gasteiger partial charge in [0.25, 0.3) is 0 Å². The number of hydrogen-bond donors (Lipinski definition) is 0. The Morgan fingerprint density at radius 3 is 2.62 bits per heavy atom. The van der Waals surface area contributed by atoms with Crippen LogP contribution in [-0.2, 0) is 0 Å². The number of benzene rings is 1. The molecule has 0 aliphatic carbocycles. The predicted molar refractivity (Wildman–Crippen MR) is 57.8 cm³/mol. The van der Waals surface area contributed by atoms with E-state index in [2.05, 4.69) is 13.0 Å². The van der Waals surface area contributed by atoms with E-state index in [1.165, 1.54) is 0 Å². The second kappa shape index (κ2) is 5.66. The molecule has 0 fully saturated rings. The summed E-state index contributed by atoms with van der Waals surface area (Å²) in [5, 5.41) is 8.94. The van der Waals surface area contributed by atoms with Gasteiger partial charge in [-0.05, 0) is 11.3 Å². The van der Waals surface area contributed by atoms with E-state index in [9.17, 15) is 0 Å². The molecule has 0 saturated carbocycles. The van der Waals surface area contributed by atoms with Gasteiger partial charge in [0.15, 0.2) is 0 Å². The molecule has 1 nitrogen and oxygen atoms in total. The molecule has 0 spiro atoms. The lowest BCUT2D eigenvalue weighted by molar-refractivity contribution is 0.997. The van der Waals surface area contributed by atoms with Crippen LogP contribution in [0.4, 0.5) is 0 Å². The zero-order chi connectivity index (χ0) is 9.52. The Morgan fingerprint density at radius 2 is 2.08 bits per heavy atom. The van der Waals surface area contributed by atoms with E-state index in [0.29, 0.717) is 0 Å². The van der Waals surface area contributed by atoms with Crippen LogP contribution in [0.5, 0.6) is 0 Å². The van der Waals surface area contributed by atoms with Gasteiger partial charge < -0.3 is 0 Å². The quantitative estimate of drug-likeness (QED) is 0.730. The van der Waals surface area contributed by atoms with Crippen LogP contribution in [0.25, 0.3) is 0 Å². The molecule has 0 aliphatic rings. The van der Waals surface area contributed by atoms with E-state index in [-0.39, 0.29) is 5.92 Å². The molecule has 0 saturated heterocycles. The van der Waals surface area contributed by atoms with Crippen molar-refractivity contribution in [2.75, 3.05) is 11.5 Å². The monoisotopic (exact) mass is 191 g/mol. The van der Waals surface area contributed by atoms with Crippen LogP contribution < -0.4 is 0 Å². The lowest BCUT2D eigenvalue weighted by atomic mass is 10.0. The van der Waals surface area contributed by atoms with Gasteiger partial charge in [-0.3, -0.25) is 0 Å². The molecule has 2 heteroatoms. The number of thioether (sulfide) groups is 1. The summed E-state index contributed by atoms with van der Waals surface area (Å²) >= 11 is 1.81. The summed E-state index contributed by atoms with van der Waals surface area (Å²) in [6.45, 7) is 2.12. The summed E-state index contributed by atoms with van der Waals surface area (Å²) in [5.74, 6) is 2.02. The van der Waals surface area contributed by atoms with Gasteiger partial charge in [-0.2, -0.15) is 17.0 Å². The van der Waals surface area contributed by atoms with Crippen molar-refractivity contribution in [2.45, 2.75) is 12.8 Å². The minimum Gasteiger partial charge on any atom is -0.198 e. The van der Waals surface area contributed by atoms with Crippen LogP contribution >= 0.6 is 11.8 Å². The molecule has 0 heterocycles. The van der Waals surface area contributed by atoms with E-state index in [1.54, 1.807) is 0 Å². The van der Waals surface area contributed by atoms with Crippen molar-refractivity contribution in [2.24, 2.45) is 0 Å². The number of nitrogens with zero attached hydrogens (tertiary/aromatic N) is 1. The minimum atomic E-state index is 0.0474. The first-order valence-electron chi connectivity index (χ1n) is 4.40. The second-order valence-corrected chi connectivity index (χ2v) is 4.07. The lowest BCUT2D eigenvalue weighted by Gasteiger charge is -2.07. The van der Waals surface area contributed by atoms with Gasteiger partial charge >= 0.3 is 0 Å². The summed E-state index contributed by atoms with van der Waals surface area (Å²) < 4.78 is 0. The van der Waals surface area contributed by atoms with Gasteiger partial charge in [0.1, 0.15) is 0 Å². The van der Waals surface area contributed by atoms with E-state index in [4.69, 9.17) is 5.26 Å². The molecule has 1 unspecified atom stereocenters. The van der Waals surface area contributed by atoms with Gasteiger partial charge in [-0.1, -0.05) is 37.3 Å². The van der Waals surface area contributed by atoms with Crippen molar-refractivity contribution < 1.29 is 0 Å². The Bertz CT molecular complexity index is 276. The highest BCUT2D eigenvalue weighted by Gasteiger charge is 2.08. The van der Waals surface area contributed by atoms with Gasteiger partial charge in [-0.15, -0.1) is 0 Å². The van der Waals surface area contributed by atoms with Crippen molar-refractivity contribution in [1.82, 2.24) is 0 Å². The molecule has 0 radical (unpaired) electrons. The fraction of sp³-hybridized carbons (Fsp3) is 0.364. The molecule has 68 valence electrons. The molecule has 0 aromatic heterocycles. The fourth-order valence-corrected chi connectivity index (χ4v) is 1.87. The maximum atomic E-state index is 8.94. The van der Waals surface area contributed by atoms with Gasteiger partial charge in [0, 0.05) is 5.75 Å². The molecule has 1 rings (SSSR count). The zero-order valence-electron chi connectivity index (χ0n) is 7.73. The fourth-order valence-electron chi connectivity index (χ4n) is 1.13. The van der Waals surface area contributed by atoms with Gasteiger partial charge in [-0.25, -0.2) is 0 Å². The molecule has 0 aliphatic heterocycles. The van der Waals surface area contributed by atoms with Crippen LogP contribution in [0.3, 0.4) is 0 Å². The van der Waals surface area contributed by atoms with Crippen LogP contribution in [0.2, 0.25) is 0 Å². The molecule has 0 bridgehead atoms. The lowest BCUT2D eigenvalue weighted by Crippen LogP contribution is -1.98.